The van der Waals surface area contributed by atoms with Gasteiger partial charge >= 0.3 is 0 Å². The van der Waals surface area contributed by atoms with Crippen LogP contribution in [0.5, 0.6) is 0 Å². The molecule has 0 saturated heterocycles. The summed E-state index contributed by atoms with van der Waals surface area (Å²) in [5, 5.41) is 2.38. The van der Waals surface area contributed by atoms with E-state index in [0.717, 1.165) is 6.26 Å². The van der Waals surface area contributed by atoms with E-state index in [9.17, 15) is 17.6 Å². The number of anilines is 1. The average Bonchev–Trinajstić information content (AvgIpc) is 2.38. The van der Waals surface area contributed by atoms with E-state index in [1.165, 1.54) is 36.5 Å². The first-order valence-electron chi connectivity index (χ1n) is 5.60. The van der Waals surface area contributed by atoms with Crippen LogP contribution in [0.1, 0.15) is 10.4 Å². The van der Waals surface area contributed by atoms with Crippen LogP contribution >= 0.6 is 0 Å². The quantitative estimate of drug-likeness (QED) is 0.877. The first-order chi connectivity index (χ1) is 9.39. The Kier molecular flexibility index (Phi) is 3.80. The normalized spacial score (nSPS) is 11.1. The summed E-state index contributed by atoms with van der Waals surface area (Å²) >= 11 is 0. The lowest BCUT2D eigenvalue weighted by Gasteiger charge is -2.09. The number of hydrogen-bond donors (Lipinski definition) is 1. The molecule has 1 aromatic carbocycles. The number of carbonyl (C=O) groups is 1. The highest BCUT2D eigenvalue weighted by Crippen LogP contribution is 2.21. The monoisotopic (exact) mass is 294 g/mol. The van der Waals surface area contributed by atoms with Gasteiger partial charge in [-0.1, -0.05) is 12.1 Å². The van der Waals surface area contributed by atoms with Crippen molar-refractivity contribution in [1.82, 2.24) is 4.98 Å². The van der Waals surface area contributed by atoms with Crippen molar-refractivity contribution in [2.45, 2.75) is 4.90 Å². The highest BCUT2D eigenvalue weighted by molar-refractivity contribution is 7.90. The molecule has 7 heteroatoms. The number of aromatic nitrogens is 1. The van der Waals surface area contributed by atoms with E-state index in [0.29, 0.717) is 0 Å². The SMILES string of the molecule is CS(=O)(=O)c1ccccc1NC(=O)c1cccnc1F. The van der Waals surface area contributed by atoms with E-state index in [2.05, 4.69) is 10.3 Å². The number of benzene rings is 1. The molecular weight excluding hydrogens is 283 g/mol. The molecule has 2 rings (SSSR count). The van der Waals surface area contributed by atoms with Crippen LogP contribution in [0, 0.1) is 5.95 Å². The Labute approximate surface area is 115 Å². The maximum absolute atomic E-state index is 13.4. The number of rotatable bonds is 3. The first-order valence-corrected chi connectivity index (χ1v) is 7.49. The number of carbonyl (C=O) groups excluding carboxylic acids is 1. The predicted molar refractivity (Wildman–Crippen MR) is 71.7 cm³/mol. The van der Waals surface area contributed by atoms with Gasteiger partial charge in [-0.05, 0) is 24.3 Å². The molecule has 1 N–H and O–H groups in total. The smallest absolute Gasteiger partial charge is 0.260 e. The minimum absolute atomic E-state index is 0.0300. The van der Waals surface area contributed by atoms with E-state index in [1.54, 1.807) is 6.07 Å². The molecule has 0 atom stereocenters. The third kappa shape index (κ3) is 3.00. The molecule has 5 nitrogen and oxygen atoms in total. The van der Waals surface area contributed by atoms with Crippen molar-refractivity contribution < 1.29 is 17.6 Å². The number of sulfone groups is 1. The molecule has 0 aliphatic heterocycles. The fraction of sp³-hybridized carbons (Fsp3) is 0.0769. The Morgan fingerprint density at radius 2 is 1.90 bits per heavy atom. The van der Waals surface area contributed by atoms with E-state index in [1.807, 2.05) is 0 Å². The van der Waals surface area contributed by atoms with Crippen molar-refractivity contribution in [3.05, 3.63) is 54.1 Å². The number of para-hydroxylation sites is 1. The Morgan fingerprint density at radius 1 is 1.20 bits per heavy atom. The van der Waals surface area contributed by atoms with Crippen LogP contribution in [-0.4, -0.2) is 25.6 Å². The fourth-order valence-corrected chi connectivity index (χ4v) is 2.48. The number of nitrogens with zero attached hydrogens (tertiary/aromatic N) is 1. The number of halogens is 1. The summed E-state index contributed by atoms with van der Waals surface area (Å²) in [5.74, 6) is -1.67. The van der Waals surface area contributed by atoms with Gasteiger partial charge in [-0.15, -0.1) is 0 Å². The lowest BCUT2D eigenvalue weighted by molar-refractivity contribution is 0.102. The zero-order valence-electron chi connectivity index (χ0n) is 10.5. The molecule has 0 saturated carbocycles. The summed E-state index contributed by atoms with van der Waals surface area (Å²) in [5.41, 5.74) is -0.154. The number of pyridine rings is 1. The molecule has 0 unspecified atom stereocenters. The first kappa shape index (κ1) is 14.1. The molecule has 0 fully saturated rings. The predicted octanol–water partition coefficient (Wildman–Crippen LogP) is 1.88. The fourth-order valence-electron chi connectivity index (χ4n) is 1.64. The second-order valence-electron chi connectivity index (χ2n) is 4.06. The van der Waals surface area contributed by atoms with Gasteiger partial charge in [0.15, 0.2) is 9.84 Å². The Balaban J connectivity index is 2.37. The molecule has 1 aromatic heterocycles. The van der Waals surface area contributed by atoms with E-state index < -0.39 is 21.7 Å². The molecule has 0 radical (unpaired) electrons. The van der Waals surface area contributed by atoms with Crippen LogP contribution in [0.15, 0.2) is 47.5 Å². The molecule has 1 amide bonds. The molecule has 20 heavy (non-hydrogen) atoms. The van der Waals surface area contributed by atoms with Gasteiger partial charge in [-0.2, -0.15) is 4.39 Å². The standard InChI is InChI=1S/C13H11FN2O3S/c1-20(18,19)11-7-3-2-6-10(11)16-13(17)9-5-4-8-15-12(9)14/h2-8H,1H3,(H,16,17). The van der Waals surface area contributed by atoms with Crippen molar-refractivity contribution in [2.24, 2.45) is 0 Å². The topological polar surface area (TPSA) is 76.1 Å². The summed E-state index contributed by atoms with van der Waals surface area (Å²) in [4.78, 5) is 15.3. The van der Waals surface area contributed by atoms with Gasteiger partial charge in [0.25, 0.3) is 5.91 Å². The third-order valence-electron chi connectivity index (χ3n) is 2.54. The molecule has 0 spiro atoms. The third-order valence-corrected chi connectivity index (χ3v) is 3.69. The minimum atomic E-state index is -3.50. The molecule has 0 aliphatic carbocycles. The molecule has 1 heterocycles. The van der Waals surface area contributed by atoms with Crippen LogP contribution in [-0.2, 0) is 9.84 Å². The highest BCUT2D eigenvalue weighted by Gasteiger charge is 2.17. The summed E-state index contributed by atoms with van der Waals surface area (Å²) in [6, 6.07) is 8.59. The van der Waals surface area contributed by atoms with Crippen LogP contribution in [0.3, 0.4) is 0 Å². The van der Waals surface area contributed by atoms with Gasteiger partial charge in [0.2, 0.25) is 5.95 Å². The van der Waals surface area contributed by atoms with Crippen molar-refractivity contribution in [3.8, 4) is 0 Å². The van der Waals surface area contributed by atoms with Crippen LogP contribution in [0.25, 0.3) is 0 Å². The van der Waals surface area contributed by atoms with Crippen LogP contribution in [0.4, 0.5) is 10.1 Å². The second-order valence-corrected chi connectivity index (χ2v) is 6.05. The van der Waals surface area contributed by atoms with E-state index in [-0.39, 0.29) is 16.1 Å². The van der Waals surface area contributed by atoms with Gasteiger partial charge in [0.05, 0.1) is 16.1 Å². The van der Waals surface area contributed by atoms with Gasteiger partial charge in [0, 0.05) is 12.5 Å². The van der Waals surface area contributed by atoms with Gasteiger partial charge in [0.1, 0.15) is 0 Å². The van der Waals surface area contributed by atoms with E-state index in [4.69, 9.17) is 0 Å². The summed E-state index contributed by atoms with van der Waals surface area (Å²) in [7, 11) is -3.50. The molecular formula is C13H11FN2O3S. The van der Waals surface area contributed by atoms with Gasteiger partial charge in [-0.25, -0.2) is 13.4 Å². The van der Waals surface area contributed by atoms with Crippen molar-refractivity contribution in [1.29, 1.82) is 0 Å². The van der Waals surface area contributed by atoms with Crippen molar-refractivity contribution >= 4 is 21.4 Å². The van der Waals surface area contributed by atoms with Crippen molar-refractivity contribution in [3.63, 3.8) is 0 Å². The minimum Gasteiger partial charge on any atom is -0.321 e. The number of nitrogens with one attached hydrogen (secondary N) is 1. The molecule has 2 aromatic rings. The summed E-state index contributed by atoms with van der Waals surface area (Å²) < 4.78 is 36.6. The zero-order valence-corrected chi connectivity index (χ0v) is 11.3. The van der Waals surface area contributed by atoms with Crippen LogP contribution < -0.4 is 5.32 Å². The Bertz CT molecular complexity index is 760. The highest BCUT2D eigenvalue weighted by atomic mass is 32.2. The molecule has 104 valence electrons. The maximum atomic E-state index is 13.4. The largest absolute Gasteiger partial charge is 0.321 e. The summed E-state index contributed by atoms with van der Waals surface area (Å²) in [6.45, 7) is 0. The Morgan fingerprint density at radius 3 is 2.55 bits per heavy atom. The van der Waals surface area contributed by atoms with Gasteiger partial charge < -0.3 is 5.32 Å². The van der Waals surface area contributed by atoms with E-state index >= 15 is 0 Å². The van der Waals surface area contributed by atoms with Crippen molar-refractivity contribution in [2.75, 3.05) is 11.6 Å². The second kappa shape index (κ2) is 5.38. The maximum Gasteiger partial charge on any atom is 0.260 e. The molecule has 0 bridgehead atoms. The number of hydrogen-bond acceptors (Lipinski definition) is 4. The lowest BCUT2D eigenvalue weighted by Crippen LogP contribution is -2.16. The molecule has 0 aliphatic rings. The van der Waals surface area contributed by atoms with Gasteiger partial charge in [-0.3, -0.25) is 4.79 Å². The van der Waals surface area contributed by atoms with Crippen LogP contribution in [0.2, 0.25) is 0 Å². The zero-order chi connectivity index (χ0) is 14.8. The average molecular weight is 294 g/mol. The lowest BCUT2D eigenvalue weighted by atomic mass is 10.2. The summed E-state index contributed by atoms with van der Waals surface area (Å²) in [6.07, 6.45) is 2.25. The Hall–Kier alpha value is -2.28. The number of amides is 1.